The molecule has 0 fully saturated rings. The minimum atomic E-state index is -0.284. The van der Waals surface area contributed by atoms with Gasteiger partial charge in [0.25, 0.3) is 0 Å². The molecule has 5 heteroatoms. The highest BCUT2D eigenvalue weighted by molar-refractivity contribution is 5.57. The Balaban J connectivity index is 2.13. The maximum absolute atomic E-state index is 6.06. The van der Waals surface area contributed by atoms with Crippen LogP contribution >= 0.6 is 0 Å². The molecule has 0 saturated heterocycles. The van der Waals surface area contributed by atoms with Crippen LogP contribution in [0.4, 0.5) is 11.4 Å². The smallest absolute Gasteiger partial charge is 0.0570 e. The summed E-state index contributed by atoms with van der Waals surface area (Å²) >= 11 is 0. The van der Waals surface area contributed by atoms with E-state index >= 15 is 0 Å². The van der Waals surface area contributed by atoms with E-state index in [0.29, 0.717) is 0 Å². The Hall–Kier alpha value is -2.92. The molecule has 0 saturated carbocycles. The molecule has 1 aliphatic rings. The fourth-order valence-electron chi connectivity index (χ4n) is 4.41. The Morgan fingerprint density at radius 1 is 0.806 bits per heavy atom. The highest BCUT2D eigenvalue weighted by Crippen LogP contribution is 2.43. The van der Waals surface area contributed by atoms with Crippen molar-refractivity contribution >= 4 is 11.4 Å². The van der Waals surface area contributed by atoms with Crippen LogP contribution in [0.5, 0.6) is 0 Å². The van der Waals surface area contributed by atoms with E-state index in [2.05, 4.69) is 123 Å². The van der Waals surface area contributed by atoms with Crippen molar-refractivity contribution in [3.63, 3.8) is 0 Å². The van der Waals surface area contributed by atoms with Crippen LogP contribution in [-0.4, -0.2) is 46.2 Å². The average molecular weight is 420 g/mol. The topological polar surface area (TPSA) is 47.8 Å². The number of allylic oxidation sites excluding steroid dienone is 3. The van der Waals surface area contributed by atoms with Gasteiger partial charge < -0.3 is 20.1 Å². The molecule has 5 nitrogen and oxygen atoms in total. The number of hydrazine groups is 1. The van der Waals surface area contributed by atoms with E-state index in [0.717, 1.165) is 25.2 Å². The molecule has 2 aromatic rings. The lowest BCUT2D eigenvalue weighted by molar-refractivity contribution is 0.377. The zero-order valence-corrected chi connectivity index (χ0v) is 19.8. The first-order valence-corrected chi connectivity index (χ1v) is 11.1. The van der Waals surface area contributed by atoms with Crippen LogP contribution in [0.3, 0.4) is 0 Å². The van der Waals surface area contributed by atoms with Crippen LogP contribution in [0.2, 0.25) is 0 Å². The normalized spacial score (nSPS) is 15.1. The van der Waals surface area contributed by atoms with E-state index in [1.165, 1.54) is 28.2 Å². The summed E-state index contributed by atoms with van der Waals surface area (Å²) < 4.78 is 0. The van der Waals surface area contributed by atoms with Gasteiger partial charge in [0.15, 0.2) is 0 Å². The molecule has 31 heavy (non-hydrogen) atoms. The lowest BCUT2D eigenvalue weighted by Gasteiger charge is -2.39. The van der Waals surface area contributed by atoms with E-state index in [9.17, 15) is 0 Å². The molecule has 0 radical (unpaired) electrons. The molecule has 166 valence electrons. The Kier molecular flexibility index (Phi) is 6.96. The predicted octanol–water partition coefficient (Wildman–Crippen LogP) is 4.08. The maximum Gasteiger partial charge on any atom is 0.0570 e. The van der Waals surface area contributed by atoms with E-state index in [1.807, 2.05) is 0 Å². The van der Waals surface area contributed by atoms with Gasteiger partial charge in [-0.1, -0.05) is 30.3 Å². The van der Waals surface area contributed by atoms with Crippen molar-refractivity contribution in [2.75, 3.05) is 51.1 Å². The molecule has 0 aliphatic heterocycles. The summed E-state index contributed by atoms with van der Waals surface area (Å²) in [6, 6.07) is 17.8. The number of rotatable bonds is 8. The molecule has 0 amide bonds. The highest BCUT2D eigenvalue weighted by Gasteiger charge is 2.36. The monoisotopic (exact) mass is 419 g/mol. The summed E-state index contributed by atoms with van der Waals surface area (Å²) in [5, 5.41) is 0. The van der Waals surface area contributed by atoms with Crippen LogP contribution in [0.1, 0.15) is 31.4 Å². The van der Waals surface area contributed by atoms with Gasteiger partial charge in [0.1, 0.15) is 0 Å². The van der Waals surface area contributed by atoms with Crippen molar-refractivity contribution in [3.05, 3.63) is 83.2 Å². The summed E-state index contributed by atoms with van der Waals surface area (Å²) in [6.45, 7) is 6.26. The fraction of sp³-hybridized carbons (Fsp3) is 0.385. The zero-order chi connectivity index (χ0) is 22.6. The Bertz CT molecular complexity index is 868. The molecule has 0 bridgehead atoms. The molecule has 1 aliphatic carbocycles. The van der Waals surface area contributed by atoms with E-state index in [-0.39, 0.29) is 5.41 Å². The van der Waals surface area contributed by atoms with Crippen LogP contribution < -0.4 is 21.1 Å². The van der Waals surface area contributed by atoms with Crippen molar-refractivity contribution in [1.29, 1.82) is 0 Å². The minimum absolute atomic E-state index is 0.284. The van der Waals surface area contributed by atoms with Crippen LogP contribution in [0, 0.1) is 0 Å². The largest absolute Gasteiger partial charge is 0.378 e. The van der Waals surface area contributed by atoms with Gasteiger partial charge in [0.2, 0.25) is 0 Å². The summed E-state index contributed by atoms with van der Waals surface area (Å²) in [5.41, 5.74) is 9.90. The second-order valence-electron chi connectivity index (χ2n) is 8.54. The van der Waals surface area contributed by atoms with Crippen molar-refractivity contribution in [2.45, 2.75) is 25.7 Å². The number of nitrogens with two attached hydrogens (primary N) is 1. The summed E-state index contributed by atoms with van der Waals surface area (Å²) in [5.74, 6) is 6.06. The molecular formula is C26H37N5. The number of likely N-dealkylation sites (N-methyl/N-ethyl adjacent to an activating group) is 1. The van der Waals surface area contributed by atoms with Gasteiger partial charge in [-0.05, 0) is 55.3 Å². The molecule has 0 unspecified atom stereocenters. The SMILES string of the molecule is CCN(CC)C1=C(NN)CC(c2ccc(N(C)C)cc2)(c2ccc(N(C)C)cc2)C=C1. The number of nitrogens with one attached hydrogen (secondary N) is 1. The Labute approximate surface area is 187 Å². The van der Waals surface area contributed by atoms with Crippen molar-refractivity contribution < 1.29 is 0 Å². The van der Waals surface area contributed by atoms with Gasteiger partial charge in [0, 0.05) is 64.5 Å². The van der Waals surface area contributed by atoms with Crippen molar-refractivity contribution in [2.24, 2.45) is 5.84 Å². The Morgan fingerprint density at radius 2 is 1.26 bits per heavy atom. The maximum atomic E-state index is 6.06. The van der Waals surface area contributed by atoms with E-state index in [1.54, 1.807) is 0 Å². The first-order valence-electron chi connectivity index (χ1n) is 11.1. The lowest BCUT2D eigenvalue weighted by atomic mass is 9.69. The average Bonchev–Trinajstić information content (AvgIpc) is 2.80. The molecular weight excluding hydrogens is 382 g/mol. The summed E-state index contributed by atoms with van der Waals surface area (Å²) in [6.07, 6.45) is 5.39. The second-order valence-corrected chi connectivity index (χ2v) is 8.54. The summed E-state index contributed by atoms with van der Waals surface area (Å²) in [4.78, 5) is 6.61. The Morgan fingerprint density at radius 3 is 1.61 bits per heavy atom. The van der Waals surface area contributed by atoms with Gasteiger partial charge in [0.05, 0.1) is 11.4 Å². The van der Waals surface area contributed by atoms with E-state index < -0.39 is 0 Å². The third-order valence-corrected chi connectivity index (χ3v) is 6.37. The minimum Gasteiger partial charge on any atom is -0.378 e. The van der Waals surface area contributed by atoms with Gasteiger partial charge in [-0.25, -0.2) is 0 Å². The lowest BCUT2D eigenvalue weighted by Crippen LogP contribution is -2.38. The van der Waals surface area contributed by atoms with Gasteiger partial charge in [-0.15, -0.1) is 0 Å². The van der Waals surface area contributed by atoms with Crippen molar-refractivity contribution in [3.8, 4) is 0 Å². The quantitative estimate of drug-likeness (QED) is 0.499. The number of nitrogens with zero attached hydrogens (tertiary/aromatic N) is 3. The van der Waals surface area contributed by atoms with Crippen molar-refractivity contribution in [1.82, 2.24) is 10.3 Å². The molecule has 0 heterocycles. The first kappa shape index (κ1) is 22.8. The van der Waals surface area contributed by atoms with E-state index in [4.69, 9.17) is 5.84 Å². The number of anilines is 2. The third-order valence-electron chi connectivity index (χ3n) is 6.37. The fourth-order valence-corrected chi connectivity index (χ4v) is 4.41. The molecule has 0 atom stereocenters. The van der Waals surface area contributed by atoms with Crippen LogP contribution in [0.25, 0.3) is 0 Å². The zero-order valence-electron chi connectivity index (χ0n) is 19.8. The summed E-state index contributed by atoms with van der Waals surface area (Å²) in [7, 11) is 8.28. The number of benzene rings is 2. The standard InChI is InChI=1S/C26H37N5/c1-7-31(8-2)25-17-18-26(19-24(25)28-27,20-9-13-22(14-10-20)29(3)4)21-11-15-23(16-12-21)30(5)6/h9-18,28H,7-8,19,27H2,1-6H3. The van der Waals surface area contributed by atoms with Gasteiger partial charge in [-0.2, -0.15) is 0 Å². The van der Waals surface area contributed by atoms with Gasteiger partial charge >= 0.3 is 0 Å². The van der Waals surface area contributed by atoms with Crippen LogP contribution in [0.15, 0.2) is 72.1 Å². The predicted molar refractivity (Wildman–Crippen MR) is 133 cm³/mol. The third kappa shape index (κ3) is 4.42. The number of hydrogen-bond donors (Lipinski definition) is 2. The number of hydrogen-bond acceptors (Lipinski definition) is 5. The first-order chi connectivity index (χ1) is 14.9. The second kappa shape index (κ2) is 9.48. The highest BCUT2D eigenvalue weighted by atomic mass is 15.2. The molecule has 0 spiro atoms. The molecule has 3 rings (SSSR count). The van der Waals surface area contributed by atoms with Gasteiger partial charge in [-0.3, -0.25) is 5.84 Å². The molecule has 3 N–H and O–H groups in total. The molecule has 2 aromatic carbocycles. The molecule has 0 aromatic heterocycles. The van der Waals surface area contributed by atoms with Crippen LogP contribution in [-0.2, 0) is 5.41 Å².